The molecule has 0 aromatic carbocycles. The first-order valence-corrected chi connectivity index (χ1v) is 7.01. The Kier molecular flexibility index (Phi) is 4.79. The number of carbonyl (C=O) groups excluding carboxylic acids is 1. The van der Waals surface area contributed by atoms with Crippen molar-refractivity contribution in [3.8, 4) is 11.3 Å². The highest BCUT2D eigenvalue weighted by Gasteiger charge is 2.21. The quantitative estimate of drug-likeness (QED) is 0.821. The number of hydrogen-bond donors (Lipinski definition) is 1. The summed E-state index contributed by atoms with van der Waals surface area (Å²) in [6.07, 6.45) is 1.41. The van der Waals surface area contributed by atoms with Gasteiger partial charge in [-0.05, 0) is 26.8 Å². The normalized spacial score (nSPS) is 11.2. The molecule has 8 heteroatoms. The smallest absolute Gasteiger partial charge is 0.412 e. The molecule has 0 bridgehead atoms. The minimum Gasteiger partial charge on any atom is -0.444 e. The van der Waals surface area contributed by atoms with Crippen LogP contribution in [0.25, 0.3) is 11.3 Å². The number of hydrogen-bond acceptors (Lipinski definition) is 4. The van der Waals surface area contributed by atoms with E-state index in [-0.39, 0.29) is 22.1 Å². The third-order valence-corrected chi connectivity index (χ3v) is 2.88. The van der Waals surface area contributed by atoms with E-state index in [2.05, 4.69) is 15.3 Å². The molecule has 0 fully saturated rings. The molecule has 5 nitrogen and oxygen atoms in total. The molecule has 2 aromatic heterocycles. The van der Waals surface area contributed by atoms with Crippen LogP contribution in [0.2, 0.25) is 5.15 Å². The van der Waals surface area contributed by atoms with Crippen LogP contribution in [0.5, 0.6) is 0 Å². The van der Waals surface area contributed by atoms with Crippen molar-refractivity contribution in [2.75, 3.05) is 5.32 Å². The van der Waals surface area contributed by atoms with Crippen LogP contribution in [0.3, 0.4) is 0 Å². The standard InChI is InChI=1S/C15H14ClF2N3O2/c1-15(2,3)23-14(22)21-12-9(4-5-19-13(12)16)11-10(18)6-8(17)7-20-11/h4-7H,1-3H3,(H,21,22). The van der Waals surface area contributed by atoms with Gasteiger partial charge in [-0.15, -0.1) is 0 Å². The predicted molar refractivity (Wildman–Crippen MR) is 82.3 cm³/mol. The van der Waals surface area contributed by atoms with Gasteiger partial charge in [0.1, 0.15) is 17.1 Å². The second-order valence-electron chi connectivity index (χ2n) is 5.64. The molecule has 2 aromatic rings. The zero-order chi connectivity index (χ0) is 17.2. The lowest BCUT2D eigenvalue weighted by atomic mass is 10.1. The maximum atomic E-state index is 13.9. The van der Waals surface area contributed by atoms with E-state index in [0.717, 1.165) is 6.20 Å². The Balaban J connectivity index is 2.42. The molecule has 122 valence electrons. The molecule has 0 radical (unpaired) electrons. The summed E-state index contributed by atoms with van der Waals surface area (Å²) >= 11 is 5.97. The van der Waals surface area contributed by atoms with Gasteiger partial charge in [-0.25, -0.2) is 18.6 Å². The molecule has 0 saturated carbocycles. The van der Waals surface area contributed by atoms with E-state index in [1.165, 1.54) is 12.3 Å². The van der Waals surface area contributed by atoms with Gasteiger partial charge in [-0.1, -0.05) is 11.6 Å². The van der Waals surface area contributed by atoms with Crippen LogP contribution in [0.15, 0.2) is 24.5 Å². The molecule has 0 spiro atoms. The number of carbonyl (C=O) groups is 1. The fourth-order valence-electron chi connectivity index (χ4n) is 1.77. The van der Waals surface area contributed by atoms with Crippen molar-refractivity contribution >= 4 is 23.4 Å². The predicted octanol–water partition coefficient (Wildman–Crippen LogP) is 4.42. The van der Waals surface area contributed by atoms with Crippen LogP contribution >= 0.6 is 11.6 Å². The summed E-state index contributed by atoms with van der Waals surface area (Å²) < 4.78 is 32.1. The largest absolute Gasteiger partial charge is 0.444 e. The Labute approximate surface area is 136 Å². The Hall–Kier alpha value is -2.28. The summed E-state index contributed by atoms with van der Waals surface area (Å²) in [4.78, 5) is 19.4. The minimum absolute atomic E-state index is 0.0291. The second kappa shape index (κ2) is 6.45. The van der Waals surface area contributed by atoms with Gasteiger partial charge >= 0.3 is 6.09 Å². The molecule has 0 aliphatic heterocycles. The number of nitrogens with zero attached hydrogens (tertiary/aromatic N) is 2. The number of nitrogens with one attached hydrogen (secondary N) is 1. The molecule has 2 rings (SSSR count). The van der Waals surface area contributed by atoms with Crippen molar-refractivity contribution in [1.29, 1.82) is 0 Å². The van der Waals surface area contributed by atoms with Gasteiger partial charge in [-0.3, -0.25) is 10.3 Å². The zero-order valence-corrected chi connectivity index (χ0v) is 13.4. The van der Waals surface area contributed by atoms with E-state index in [1.54, 1.807) is 20.8 Å². The molecule has 0 unspecified atom stereocenters. The van der Waals surface area contributed by atoms with Crippen molar-refractivity contribution < 1.29 is 18.3 Å². The first-order valence-electron chi connectivity index (χ1n) is 6.63. The minimum atomic E-state index is -0.889. The topological polar surface area (TPSA) is 64.1 Å². The number of rotatable bonds is 2. The highest BCUT2D eigenvalue weighted by molar-refractivity contribution is 6.33. The first-order chi connectivity index (χ1) is 10.7. The molecule has 0 aliphatic rings. The number of anilines is 1. The maximum absolute atomic E-state index is 13.9. The SMILES string of the molecule is CC(C)(C)OC(=O)Nc1c(-c2ncc(F)cc2F)ccnc1Cl. The van der Waals surface area contributed by atoms with Crippen LogP contribution in [0.4, 0.5) is 19.3 Å². The molecular weight excluding hydrogens is 328 g/mol. The van der Waals surface area contributed by atoms with Gasteiger partial charge in [0.2, 0.25) is 0 Å². The number of aromatic nitrogens is 2. The molecule has 2 heterocycles. The Morgan fingerprint density at radius 2 is 2.00 bits per heavy atom. The van der Waals surface area contributed by atoms with E-state index in [0.29, 0.717) is 6.07 Å². The van der Waals surface area contributed by atoms with E-state index in [9.17, 15) is 13.6 Å². The van der Waals surface area contributed by atoms with Crippen molar-refractivity contribution in [3.05, 3.63) is 41.3 Å². The Morgan fingerprint density at radius 3 is 2.61 bits per heavy atom. The first kappa shape index (κ1) is 17.1. The summed E-state index contributed by atoms with van der Waals surface area (Å²) in [5.41, 5.74) is -0.699. The van der Waals surface area contributed by atoms with E-state index in [1.807, 2.05) is 0 Å². The van der Waals surface area contributed by atoms with Gasteiger partial charge in [0.15, 0.2) is 11.0 Å². The van der Waals surface area contributed by atoms with Crippen molar-refractivity contribution in [2.45, 2.75) is 26.4 Å². The lowest BCUT2D eigenvalue weighted by Crippen LogP contribution is -2.27. The molecule has 0 atom stereocenters. The third-order valence-electron chi connectivity index (χ3n) is 2.59. The summed E-state index contributed by atoms with van der Waals surface area (Å²) in [6, 6.07) is 2.09. The molecule has 1 amide bonds. The molecular formula is C15H14ClF2N3O2. The molecule has 1 N–H and O–H groups in total. The van der Waals surface area contributed by atoms with Crippen LogP contribution in [-0.2, 0) is 4.74 Å². The summed E-state index contributed by atoms with van der Waals surface area (Å²) in [6.45, 7) is 5.08. The van der Waals surface area contributed by atoms with Crippen molar-refractivity contribution in [3.63, 3.8) is 0 Å². The second-order valence-corrected chi connectivity index (χ2v) is 5.99. The van der Waals surface area contributed by atoms with Gasteiger partial charge in [-0.2, -0.15) is 0 Å². The van der Waals surface area contributed by atoms with Crippen molar-refractivity contribution in [1.82, 2.24) is 9.97 Å². The van der Waals surface area contributed by atoms with E-state index >= 15 is 0 Å². The number of halogens is 3. The van der Waals surface area contributed by atoms with E-state index < -0.39 is 23.3 Å². The summed E-state index contributed by atoms with van der Waals surface area (Å²) in [5.74, 6) is -1.70. The molecule has 0 saturated heterocycles. The lowest BCUT2D eigenvalue weighted by Gasteiger charge is -2.20. The summed E-state index contributed by atoms with van der Waals surface area (Å²) in [5, 5.41) is 2.35. The van der Waals surface area contributed by atoms with E-state index in [4.69, 9.17) is 16.3 Å². The zero-order valence-electron chi connectivity index (χ0n) is 12.7. The number of ether oxygens (including phenoxy) is 1. The Morgan fingerprint density at radius 1 is 1.30 bits per heavy atom. The van der Waals surface area contributed by atoms with Gasteiger partial charge < -0.3 is 4.74 Å². The fraction of sp³-hybridized carbons (Fsp3) is 0.267. The highest BCUT2D eigenvalue weighted by Crippen LogP contribution is 2.33. The number of pyridine rings is 2. The third kappa shape index (κ3) is 4.35. The van der Waals surface area contributed by atoms with Crippen LogP contribution in [0.1, 0.15) is 20.8 Å². The average Bonchev–Trinajstić information content (AvgIpc) is 2.39. The Bertz CT molecular complexity index is 748. The van der Waals surface area contributed by atoms with Crippen LogP contribution in [-0.4, -0.2) is 21.7 Å². The maximum Gasteiger partial charge on any atom is 0.412 e. The molecule has 23 heavy (non-hydrogen) atoms. The van der Waals surface area contributed by atoms with Gasteiger partial charge in [0, 0.05) is 17.8 Å². The summed E-state index contributed by atoms with van der Waals surface area (Å²) in [7, 11) is 0. The molecule has 0 aliphatic carbocycles. The average molecular weight is 342 g/mol. The fourth-order valence-corrected chi connectivity index (χ4v) is 1.98. The van der Waals surface area contributed by atoms with Crippen LogP contribution in [0, 0.1) is 11.6 Å². The van der Waals surface area contributed by atoms with Gasteiger partial charge in [0.25, 0.3) is 0 Å². The lowest BCUT2D eigenvalue weighted by molar-refractivity contribution is 0.0636. The van der Waals surface area contributed by atoms with Crippen LogP contribution < -0.4 is 5.32 Å². The van der Waals surface area contributed by atoms with Crippen molar-refractivity contribution in [2.24, 2.45) is 0 Å². The highest BCUT2D eigenvalue weighted by atomic mass is 35.5. The van der Waals surface area contributed by atoms with Gasteiger partial charge in [0.05, 0.1) is 11.9 Å². The monoisotopic (exact) mass is 341 g/mol. The number of amides is 1.